The smallest absolute Gasteiger partial charge is 0.312 e. The van der Waals surface area contributed by atoms with Gasteiger partial charge in [0.1, 0.15) is 0 Å². The van der Waals surface area contributed by atoms with E-state index in [1.54, 1.807) is 18.3 Å². The molecule has 0 aromatic carbocycles. The Bertz CT molecular complexity index is 1220. The Kier molecular flexibility index (Phi) is 5.46. The molecule has 0 N–H and O–H groups in total. The maximum Gasteiger partial charge on any atom is 0.367 e. The molecule has 0 bridgehead atoms. The Balaban J connectivity index is 1.20. The summed E-state index contributed by atoms with van der Waals surface area (Å²) in [7, 11) is 0. The van der Waals surface area contributed by atoms with Crippen LogP contribution in [0.2, 0.25) is 0 Å². The van der Waals surface area contributed by atoms with Crippen molar-refractivity contribution in [3.05, 3.63) is 77.9 Å². The average molecular weight is 468 g/mol. The highest BCUT2D eigenvalue weighted by molar-refractivity contribution is 5.97. The van der Waals surface area contributed by atoms with E-state index >= 15 is 0 Å². The van der Waals surface area contributed by atoms with Gasteiger partial charge in [-0.05, 0) is 109 Å². The summed E-state index contributed by atoms with van der Waals surface area (Å²) in [6, 6.07) is 7.71. The van der Waals surface area contributed by atoms with E-state index in [-0.39, 0.29) is 10.8 Å². The molecule has 6 rings (SSSR count). The van der Waals surface area contributed by atoms with Gasteiger partial charge in [-0.1, -0.05) is 36.7 Å². The first kappa shape index (κ1) is 22.4. The number of oxime groups is 1. The largest absolute Gasteiger partial charge is 0.367 e. The Morgan fingerprint density at radius 2 is 1.83 bits per heavy atom. The molecule has 0 amide bonds. The molecule has 0 radical (unpaired) electrons. The summed E-state index contributed by atoms with van der Waals surface area (Å²) in [5.74, 6) is 1.72. The highest BCUT2D eigenvalue weighted by atomic mass is 16.7. The third-order valence-electron chi connectivity index (χ3n) is 9.67. The van der Waals surface area contributed by atoms with Gasteiger partial charge in [0.2, 0.25) is 0 Å². The van der Waals surface area contributed by atoms with Gasteiger partial charge < -0.3 is 4.84 Å². The van der Waals surface area contributed by atoms with Gasteiger partial charge in [0, 0.05) is 24.8 Å². The third-order valence-corrected chi connectivity index (χ3v) is 9.67. The topological polar surface area (TPSA) is 64.4 Å². The summed E-state index contributed by atoms with van der Waals surface area (Å²) in [6.07, 6.45) is 19.8. The van der Waals surface area contributed by atoms with Crippen LogP contribution >= 0.6 is 0 Å². The molecule has 4 aliphatic rings. The fourth-order valence-corrected chi connectivity index (χ4v) is 7.82. The second-order valence-corrected chi connectivity index (χ2v) is 11.3. The predicted molar refractivity (Wildman–Crippen MR) is 136 cm³/mol. The number of aromatic nitrogens is 2. The van der Waals surface area contributed by atoms with Crippen molar-refractivity contribution in [2.75, 3.05) is 0 Å². The monoisotopic (exact) mass is 467 g/mol. The van der Waals surface area contributed by atoms with Crippen molar-refractivity contribution >= 4 is 17.3 Å². The molecule has 2 heterocycles. The quantitative estimate of drug-likeness (QED) is 0.375. The SMILES string of the molecule is C[C@]12CCC(=NOC(=O)c3cccnc3)C=C1CC[C@H]1[C@@H]2CC[C@]2(C)C(c3cccnc3)=CC[C@@H]12. The van der Waals surface area contributed by atoms with Crippen LogP contribution in [-0.2, 0) is 4.84 Å². The van der Waals surface area contributed by atoms with Gasteiger partial charge in [0.05, 0.1) is 11.3 Å². The van der Waals surface area contributed by atoms with Crippen LogP contribution in [0.4, 0.5) is 0 Å². The summed E-state index contributed by atoms with van der Waals surface area (Å²) < 4.78 is 0. The number of carbonyl (C=O) groups is 1. The van der Waals surface area contributed by atoms with Crippen LogP contribution in [0.5, 0.6) is 0 Å². The molecular weight excluding hydrogens is 434 g/mol. The minimum atomic E-state index is -0.453. The summed E-state index contributed by atoms with van der Waals surface area (Å²) in [4.78, 5) is 25.9. The maximum absolute atomic E-state index is 12.3. The molecule has 2 aromatic rings. The first-order chi connectivity index (χ1) is 17.0. The molecule has 2 fully saturated rings. The summed E-state index contributed by atoms with van der Waals surface area (Å²) in [5, 5.41) is 4.24. The Hall–Kier alpha value is -3.08. The Morgan fingerprint density at radius 1 is 1.00 bits per heavy atom. The Labute approximate surface area is 207 Å². The van der Waals surface area contributed by atoms with Crippen LogP contribution in [0.3, 0.4) is 0 Å². The van der Waals surface area contributed by atoms with E-state index in [2.05, 4.69) is 53.3 Å². The number of nitrogens with zero attached hydrogens (tertiary/aromatic N) is 3. The van der Waals surface area contributed by atoms with Crippen molar-refractivity contribution in [2.24, 2.45) is 33.7 Å². The van der Waals surface area contributed by atoms with Crippen molar-refractivity contribution in [2.45, 2.75) is 58.8 Å². The van der Waals surface area contributed by atoms with Crippen LogP contribution in [0.1, 0.15) is 74.7 Å². The van der Waals surface area contributed by atoms with Gasteiger partial charge in [-0.3, -0.25) is 9.97 Å². The Morgan fingerprint density at radius 3 is 2.60 bits per heavy atom. The van der Waals surface area contributed by atoms with Crippen molar-refractivity contribution in [1.29, 1.82) is 0 Å². The molecule has 2 saturated carbocycles. The molecule has 2 aromatic heterocycles. The first-order valence-electron chi connectivity index (χ1n) is 13.0. The number of hydrogen-bond acceptors (Lipinski definition) is 5. The number of carbonyl (C=O) groups excluding carboxylic acids is 1. The molecule has 180 valence electrons. The predicted octanol–water partition coefficient (Wildman–Crippen LogP) is 6.65. The zero-order valence-corrected chi connectivity index (χ0v) is 20.6. The standard InChI is InChI=1S/C30H33N3O2/c1-29-13-11-23(33-35-28(34)21-6-4-16-32-19-21)17-22(29)7-8-24-26-10-9-25(20-5-3-15-31-18-20)30(26,2)14-12-27(24)29/h3-6,9,15-19,24,26-27H,7-8,10-14H2,1-2H3/t24-,26+,27+,29+,30-/m1/s1. The van der Waals surface area contributed by atoms with Gasteiger partial charge in [-0.25, -0.2) is 4.79 Å². The van der Waals surface area contributed by atoms with Gasteiger partial charge in [0.15, 0.2) is 0 Å². The highest BCUT2D eigenvalue weighted by Gasteiger charge is 2.57. The normalized spacial score (nSPS) is 34.8. The summed E-state index contributed by atoms with van der Waals surface area (Å²) >= 11 is 0. The fraction of sp³-hybridized carbons (Fsp3) is 0.467. The molecule has 5 nitrogen and oxygen atoms in total. The van der Waals surface area contributed by atoms with Gasteiger partial charge >= 0.3 is 5.97 Å². The van der Waals surface area contributed by atoms with Gasteiger partial charge in [-0.15, -0.1) is 0 Å². The number of rotatable bonds is 3. The van der Waals surface area contributed by atoms with Crippen LogP contribution in [-0.4, -0.2) is 21.6 Å². The zero-order valence-electron chi connectivity index (χ0n) is 20.6. The van der Waals surface area contributed by atoms with E-state index in [0.717, 1.165) is 30.9 Å². The highest BCUT2D eigenvalue weighted by Crippen LogP contribution is 2.66. The molecule has 0 spiro atoms. The second kappa shape index (κ2) is 8.54. The minimum absolute atomic E-state index is 0.216. The van der Waals surface area contributed by atoms with Gasteiger partial charge in [0.25, 0.3) is 0 Å². The lowest BCUT2D eigenvalue weighted by Gasteiger charge is -2.58. The molecular formula is C30H33N3O2. The van der Waals surface area contributed by atoms with Crippen molar-refractivity contribution in [3.63, 3.8) is 0 Å². The molecule has 4 aliphatic carbocycles. The van der Waals surface area contributed by atoms with Crippen molar-refractivity contribution in [1.82, 2.24) is 9.97 Å². The lowest BCUT2D eigenvalue weighted by atomic mass is 9.46. The summed E-state index contributed by atoms with van der Waals surface area (Å²) in [5.41, 5.74) is 6.11. The minimum Gasteiger partial charge on any atom is -0.312 e. The zero-order chi connectivity index (χ0) is 24.0. The molecule has 0 unspecified atom stereocenters. The molecule has 35 heavy (non-hydrogen) atoms. The second-order valence-electron chi connectivity index (χ2n) is 11.3. The van der Waals surface area contributed by atoms with Crippen LogP contribution in [0, 0.1) is 28.6 Å². The fourth-order valence-electron chi connectivity index (χ4n) is 7.82. The number of fused-ring (bicyclic) bond motifs is 5. The number of hydrogen-bond donors (Lipinski definition) is 0. The van der Waals surface area contributed by atoms with E-state index < -0.39 is 5.97 Å². The molecule has 5 atom stereocenters. The maximum atomic E-state index is 12.3. The van der Waals surface area contributed by atoms with Crippen molar-refractivity contribution in [3.8, 4) is 0 Å². The van der Waals surface area contributed by atoms with Crippen molar-refractivity contribution < 1.29 is 9.63 Å². The number of allylic oxidation sites excluding steroid dienone is 4. The van der Waals surface area contributed by atoms with Crippen LogP contribution in [0.15, 0.2) is 71.9 Å². The lowest BCUT2D eigenvalue weighted by molar-refractivity contribution is -0.0191. The van der Waals surface area contributed by atoms with Gasteiger partial charge in [-0.2, -0.15) is 0 Å². The number of pyridine rings is 2. The third kappa shape index (κ3) is 3.67. The molecule has 0 saturated heterocycles. The average Bonchev–Trinajstić information content (AvgIpc) is 3.25. The summed E-state index contributed by atoms with van der Waals surface area (Å²) in [6.45, 7) is 5.00. The van der Waals surface area contributed by atoms with E-state index in [0.29, 0.717) is 17.4 Å². The van der Waals surface area contributed by atoms with E-state index in [1.165, 1.54) is 48.6 Å². The van der Waals surface area contributed by atoms with E-state index in [1.807, 2.05) is 12.4 Å². The molecule has 5 heteroatoms. The van der Waals surface area contributed by atoms with E-state index in [4.69, 9.17) is 4.84 Å². The van der Waals surface area contributed by atoms with E-state index in [9.17, 15) is 4.79 Å². The lowest BCUT2D eigenvalue weighted by Crippen LogP contribution is -2.49. The molecule has 0 aliphatic heterocycles. The van der Waals surface area contributed by atoms with Crippen LogP contribution < -0.4 is 0 Å². The van der Waals surface area contributed by atoms with Crippen LogP contribution in [0.25, 0.3) is 5.57 Å². The first-order valence-corrected chi connectivity index (χ1v) is 13.0.